The lowest BCUT2D eigenvalue weighted by Crippen LogP contribution is -2.12. The van der Waals surface area contributed by atoms with Gasteiger partial charge in [-0.1, -0.05) is 0 Å². The Bertz CT molecular complexity index is 552. The van der Waals surface area contributed by atoms with Gasteiger partial charge in [0.05, 0.1) is 0 Å². The lowest BCUT2D eigenvalue weighted by atomic mass is 10.3. The van der Waals surface area contributed by atoms with Gasteiger partial charge in [0.1, 0.15) is 17.5 Å². The molecule has 1 N–H and O–H groups in total. The molecule has 11 heteroatoms. The Morgan fingerprint density at radius 2 is 1.72 bits per heavy atom. The minimum atomic E-state index is -4.91. The van der Waals surface area contributed by atoms with E-state index >= 15 is 0 Å². The first kappa shape index (κ1) is 15.1. The van der Waals surface area contributed by atoms with Crippen LogP contribution in [0.1, 0.15) is 0 Å². The van der Waals surface area contributed by atoms with Gasteiger partial charge in [-0.15, -0.1) is 0 Å². The van der Waals surface area contributed by atoms with E-state index in [1.807, 2.05) is 0 Å². The van der Waals surface area contributed by atoms with Crippen molar-refractivity contribution in [2.75, 3.05) is 6.79 Å². The maximum Gasteiger partial charge on any atom is 0.318 e. The summed E-state index contributed by atoms with van der Waals surface area (Å²) in [6, 6.07) is 0.296. The van der Waals surface area contributed by atoms with E-state index in [1.165, 1.54) is 0 Å². The molecule has 1 aromatic carbocycles. The van der Waals surface area contributed by atoms with Crippen molar-refractivity contribution in [1.29, 1.82) is 0 Å². The monoisotopic (exact) mass is 306 g/mol. The molecule has 0 radical (unpaired) electrons. The van der Waals surface area contributed by atoms with Gasteiger partial charge in [-0.05, 0) is 0 Å². The molecule has 6 nitrogen and oxygen atoms in total. The summed E-state index contributed by atoms with van der Waals surface area (Å²) in [6.07, 6.45) is 0. The van der Waals surface area contributed by atoms with Crippen molar-refractivity contribution in [3.05, 3.63) is 29.6 Å². The van der Waals surface area contributed by atoms with Gasteiger partial charge in [-0.2, -0.15) is 8.42 Å². The molecule has 0 saturated carbocycles. The minimum Gasteiger partial charge on any atom is -0.326 e. The number of halogens is 3. The summed E-state index contributed by atoms with van der Waals surface area (Å²) in [4.78, 5) is 6.71. The van der Waals surface area contributed by atoms with E-state index in [4.69, 9.17) is 4.89 Å². The summed E-state index contributed by atoms with van der Waals surface area (Å²) in [6.45, 7) is -1.20. The first-order chi connectivity index (χ1) is 8.24. The highest BCUT2D eigenvalue weighted by Gasteiger charge is 2.26. The Labute approximate surface area is 100 Å². The van der Waals surface area contributed by atoms with Crippen molar-refractivity contribution in [2.24, 2.45) is 0 Å². The molecule has 0 aromatic heterocycles. The van der Waals surface area contributed by atoms with Crippen LogP contribution in [0.3, 0.4) is 0 Å². The van der Waals surface area contributed by atoms with Crippen LogP contribution in [-0.4, -0.2) is 20.1 Å². The van der Waals surface area contributed by atoms with E-state index in [9.17, 15) is 26.2 Å². The summed E-state index contributed by atoms with van der Waals surface area (Å²) in [5, 5.41) is 0. The van der Waals surface area contributed by atoms with E-state index in [0.717, 1.165) is 0 Å². The van der Waals surface area contributed by atoms with E-state index < -0.39 is 47.5 Å². The van der Waals surface area contributed by atoms with Crippen molar-refractivity contribution in [3.8, 4) is 0 Å². The molecule has 1 rings (SSSR count). The topological polar surface area (TPSA) is 89.9 Å². The summed E-state index contributed by atoms with van der Waals surface area (Å²) in [7, 11) is -8.36. The number of hydrogen-bond acceptors (Lipinski definition) is 5. The summed E-state index contributed by atoms with van der Waals surface area (Å²) in [5.74, 6) is -4.69. The Hall–Kier alpha value is -0.930. The van der Waals surface area contributed by atoms with Crippen molar-refractivity contribution in [2.45, 2.75) is 4.90 Å². The van der Waals surface area contributed by atoms with Gasteiger partial charge < -0.3 is 4.89 Å². The van der Waals surface area contributed by atoms with Crippen molar-refractivity contribution in [3.63, 3.8) is 0 Å². The standard InChI is InChI=1S/C7H6F3O6PS/c8-4-1-5(9)7(6(10)2-4)18(13,14)16-3-15-17(11)12/h1-2,17H,3H2,(H,11,12). The molecule has 0 fully saturated rings. The molecule has 0 aliphatic rings. The second kappa shape index (κ2) is 5.81. The van der Waals surface area contributed by atoms with Crippen LogP contribution in [0.25, 0.3) is 0 Å². The van der Waals surface area contributed by atoms with Crippen LogP contribution in [0.4, 0.5) is 13.2 Å². The van der Waals surface area contributed by atoms with E-state index in [0.29, 0.717) is 0 Å². The van der Waals surface area contributed by atoms with E-state index in [2.05, 4.69) is 8.71 Å². The molecule has 0 spiro atoms. The number of hydrogen-bond donors (Lipinski definition) is 1. The summed E-state index contributed by atoms with van der Waals surface area (Å²) in [5.41, 5.74) is 0. The number of rotatable bonds is 5. The largest absolute Gasteiger partial charge is 0.326 e. The lowest BCUT2D eigenvalue weighted by molar-refractivity contribution is 0.120. The third kappa shape index (κ3) is 3.79. The van der Waals surface area contributed by atoms with Crippen LogP contribution >= 0.6 is 8.25 Å². The van der Waals surface area contributed by atoms with Crippen molar-refractivity contribution in [1.82, 2.24) is 0 Å². The van der Waals surface area contributed by atoms with Gasteiger partial charge in [-0.3, -0.25) is 9.09 Å². The lowest BCUT2D eigenvalue weighted by Gasteiger charge is -2.07. The van der Waals surface area contributed by atoms with Crippen LogP contribution < -0.4 is 0 Å². The molecule has 0 aliphatic carbocycles. The molecule has 0 bridgehead atoms. The smallest absolute Gasteiger partial charge is 0.318 e. The minimum absolute atomic E-state index is 0.148. The fourth-order valence-corrected chi connectivity index (χ4v) is 2.10. The van der Waals surface area contributed by atoms with Gasteiger partial charge in [0.2, 0.25) is 0 Å². The average Bonchev–Trinajstić information content (AvgIpc) is 2.13. The fourth-order valence-electron chi connectivity index (χ4n) is 0.965. The molecule has 18 heavy (non-hydrogen) atoms. The van der Waals surface area contributed by atoms with Crippen LogP contribution in [0, 0.1) is 17.5 Å². The molecule has 0 aliphatic heterocycles. The molecule has 0 heterocycles. The zero-order valence-electron chi connectivity index (χ0n) is 8.39. The second-order valence-corrected chi connectivity index (χ2v) is 5.17. The Balaban J connectivity index is 3.02. The Kier molecular flexibility index (Phi) is 4.88. The molecule has 1 unspecified atom stereocenters. The number of benzene rings is 1. The van der Waals surface area contributed by atoms with Gasteiger partial charge >= 0.3 is 18.4 Å². The van der Waals surface area contributed by atoms with Gasteiger partial charge in [0.25, 0.3) is 0 Å². The highest BCUT2D eigenvalue weighted by atomic mass is 32.2. The SMILES string of the molecule is O=[PH](O)OCOS(=O)(=O)c1c(F)cc(F)cc1F. The van der Waals surface area contributed by atoms with Crippen LogP contribution in [-0.2, 0) is 23.4 Å². The predicted octanol–water partition coefficient (Wildman–Crippen LogP) is 1.17. The normalized spacial score (nSPS) is 13.6. The Morgan fingerprint density at radius 3 is 2.17 bits per heavy atom. The van der Waals surface area contributed by atoms with E-state index in [1.54, 1.807) is 0 Å². The molecule has 102 valence electrons. The van der Waals surface area contributed by atoms with Gasteiger partial charge in [0.15, 0.2) is 11.7 Å². The van der Waals surface area contributed by atoms with Gasteiger partial charge in [0, 0.05) is 12.1 Å². The zero-order chi connectivity index (χ0) is 13.9. The molecule has 1 aromatic rings. The third-order valence-electron chi connectivity index (χ3n) is 1.60. The third-order valence-corrected chi connectivity index (χ3v) is 3.26. The van der Waals surface area contributed by atoms with Crippen LogP contribution in [0.2, 0.25) is 0 Å². The highest BCUT2D eigenvalue weighted by Crippen LogP contribution is 2.23. The van der Waals surface area contributed by atoms with Crippen LogP contribution in [0.5, 0.6) is 0 Å². The molecular weight excluding hydrogens is 300 g/mol. The fraction of sp³-hybridized carbons (Fsp3) is 0.143. The average molecular weight is 306 g/mol. The van der Waals surface area contributed by atoms with Crippen LogP contribution in [0.15, 0.2) is 17.0 Å². The maximum absolute atomic E-state index is 13.1. The highest BCUT2D eigenvalue weighted by molar-refractivity contribution is 7.86. The Morgan fingerprint density at radius 1 is 1.22 bits per heavy atom. The molecular formula is C7H6F3O6PS. The molecule has 1 atom stereocenters. The quantitative estimate of drug-likeness (QED) is 0.499. The first-order valence-electron chi connectivity index (χ1n) is 4.13. The predicted molar refractivity (Wildman–Crippen MR) is 51.8 cm³/mol. The van der Waals surface area contributed by atoms with Crippen molar-refractivity contribution >= 4 is 18.4 Å². The van der Waals surface area contributed by atoms with Gasteiger partial charge in [-0.25, -0.2) is 17.4 Å². The first-order valence-corrected chi connectivity index (χ1v) is 6.81. The maximum atomic E-state index is 13.1. The summed E-state index contributed by atoms with van der Waals surface area (Å²) >= 11 is 0. The summed E-state index contributed by atoms with van der Waals surface area (Å²) < 4.78 is 79.3. The van der Waals surface area contributed by atoms with E-state index in [-0.39, 0.29) is 12.1 Å². The zero-order valence-corrected chi connectivity index (χ0v) is 10.2. The molecule has 0 saturated heterocycles. The second-order valence-electron chi connectivity index (χ2n) is 2.80. The van der Waals surface area contributed by atoms with Crippen molar-refractivity contribution < 1.29 is 39.8 Å². The molecule has 0 amide bonds.